The molecule has 2 heterocycles. The van der Waals surface area contributed by atoms with Crippen LogP contribution in [0.5, 0.6) is 11.6 Å². The van der Waals surface area contributed by atoms with E-state index in [9.17, 15) is 13.2 Å². The lowest BCUT2D eigenvalue weighted by atomic mass is 10.1. The molecule has 3 N–H and O–H groups in total. The van der Waals surface area contributed by atoms with Crippen molar-refractivity contribution in [1.29, 1.82) is 0 Å². The van der Waals surface area contributed by atoms with Crippen LogP contribution in [0.3, 0.4) is 0 Å². The number of rotatable bonds is 4. The molecule has 30 heavy (non-hydrogen) atoms. The molecule has 0 atom stereocenters. The largest absolute Gasteiger partial charge is 0.436 e. The zero-order valence-corrected chi connectivity index (χ0v) is 15.9. The average molecular weight is 432 g/mol. The predicted molar refractivity (Wildman–Crippen MR) is 108 cm³/mol. The molecular formula is C20H13ClF3N5O. The summed E-state index contributed by atoms with van der Waals surface area (Å²) in [5.41, 5.74) is 5.19. The van der Waals surface area contributed by atoms with Gasteiger partial charge < -0.3 is 15.8 Å². The molecule has 0 fully saturated rings. The van der Waals surface area contributed by atoms with Crippen LogP contribution in [0.4, 0.5) is 30.5 Å². The normalized spacial score (nSPS) is 11.5. The Kier molecular flexibility index (Phi) is 5.04. The Labute approximate surface area is 173 Å². The van der Waals surface area contributed by atoms with E-state index in [-0.39, 0.29) is 28.2 Å². The monoisotopic (exact) mass is 431 g/mol. The number of nitrogens with two attached hydrogens (primary N) is 1. The van der Waals surface area contributed by atoms with Gasteiger partial charge in [0.2, 0.25) is 5.88 Å². The minimum absolute atomic E-state index is 0.0359. The van der Waals surface area contributed by atoms with Crippen molar-refractivity contribution in [2.24, 2.45) is 0 Å². The zero-order chi connectivity index (χ0) is 21.3. The van der Waals surface area contributed by atoms with Crippen molar-refractivity contribution in [2.45, 2.75) is 6.18 Å². The van der Waals surface area contributed by atoms with Crippen molar-refractivity contribution in [3.8, 4) is 11.6 Å². The van der Waals surface area contributed by atoms with Crippen LogP contribution >= 0.6 is 11.6 Å². The molecular weight excluding hydrogens is 419 g/mol. The number of aromatic nitrogens is 3. The van der Waals surface area contributed by atoms with Crippen molar-refractivity contribution in [3.05, 3.63) is 71.6 Å². The summed E-state index contributed by atoms with van der Waals surface area (Å²) in [5, 5.41) is 4.31. The highest BCUT2D eigenvalue weighted by Gasteiger charge is 2.31. The van der Waals surface area contributed by atoms with Gasteiger partial charge in [-0.2, -0.15) is 18.2 Å². The van der Waals surface area contributed by atoms with Crippen molar-refractivity contribution in [3.63, 3.8) is 0 Å². The molecule has 0 unspecified atom stereocenters. The highest BCUT2D eigenvalue weighted by Crippen LogP contribution is 2.36. The van der Waals surface area contributed by atoms with E-state index >= 15 is 0 Å². The van der Waals surface area contributed by atoms with Crippen molar-refractivity contribution < 1.29 is 17.9 Å². The number of hydrogen-bond donors (Lipinski definition) is 2. The van der Waals surface area contributed by atoms with Crippen LogP contribution in [-0.2, 0) is 6.18 Å². The number of benzene rings is 2. The van der Waals surface area contributed by atoms with Crippen LogP contribution in [-0.4, -0.2) is 15.0 Å². The number of halogens is 4. The van der Waals surface area contributed by atoms with E-state index in [1.807, 2.05) is 36.4 Å². The molecule has 0 bridgehead atoms. The Hall–Kier alpha value is -3.59. The van der Waals surface area contributed by atoms with Gasteiger partial charge in [0.25, 0.3) is 0 Å². The molecule has 4 rings (SSSR count). The fourth-order valence-corrected chi connectivity index (χ4v) is 2.96. The molecule has 0 aliphatic carbocycles. The molecule has 0 radical (unpaired) electrons. The van der Waals surface area contributed by atoms with Crippen molar-refractivity contribution >= 4 is 39.7 Å². The fourth-order valence-electron chi connectivity index (χ4n) is 2.75. The molecule has 4 aromatic rings. The first-order chi connectivity index (χ1) is 14.3. The maximum absolute atomic E-state index is 12.8. The second-order valence-corrected chi connectivity index (χ2v) is 6.60. The van der Waals surface area contributed by atoms with Crippen LogP contribution in [0.2, 0.25) is 5.02 Å². The van der Waals surface area contributed by atoms with E-state index in [0.29, 0.717) is 11.9 Å². The van der Waals surface area contributed by atoms with Crippen molar-refractivity contribution in [2.75, 3.05) is 11.1 Å². The Morgan fingerprint density at radius 1 is 0.967 bits per heavy atom. The smallest absolute Gasteiger partial charge is 0.417 e. The maximum Gasteiger partial charge on any atom is 0.417 e. The topological polar surface area (TPSA) is 86.0 Å². The first kappa shape index (κ1) is 19.7. The van der Waals surface area contributed by atoms with Crippen molar-refractivity contribution in [1.82, 2.24) is 15.0 Å². The summed E-state index contributed by atoms with van der Waals surface area (Å²) >= 11 is 5.93. The maximum atomic E-state index is 12.8. The van der Waals surface area contributed by atoms with Gasteiger partial charge in [-0.05, 0) is 17.5 Å². The lowest BCUT2D eigenvalue weighted by molar-refractivity contribution is -0.137. The Morgan fingerprint density at radius 3 is 2.50 bits per heavy atom. The third-order valence-corrected chi connectivity index (χ3v) is 4.50. The van der Waals surface area contributed by atoms with E-state index < -0.39 is 11.7 Å². The molecule has 2 aromatic heterocycles. The summed E-state index contributed by atoms with van der Waals surface area (Å²) in [5.74, 6) is 0.669. The standard InChI is InChI=1S/C20H13ClF3N5O/c21-14-8-12(20(22,23)24)9-26-17(14)29-18-16(25)19(28-10-27-18)30-15-7-3-5-11-4-1-2-6-13(11)15/h1-10H,25H2,(H,26,27,28,29). The number of ether oxygens (including phenoxy) is 1. The predicted octanol–water partition coefficient (Wildman–Crippen LogP) is 5.82. The van der Waals surface area contributed by atoms with Crippen LogP contribution in [0.25, 0.3) is 10.8 Å². The van der Waals surface area contributed by atoms with Crippen LogP contribution in [0.1, 0.15) is 5.56 Å². The number of nitrogen functional groups attached to an aromatic ring is 1. The first-order valence-corrected chi connectivity index (χ1v) is 8.96. The molecule has 2 aromatic carbocycles. The van der Waals surface area contributed by atoms with E-state index in [0.717, 1.165) is 16.8 Å². The quantitative estimate of drug-likeness (QED) is 0.423. The second kappa shape index (κ2) is 7.68. The van der Waals surface area contributed by atoms with Crippen LogP contribution in [0, 0.1) is 0 Å². The minimum Gasteiger partial charge on any atom is -0.436 e. The van der Waals surface area contributed by atoms with E-state index in [4.69, 9.17) is 22.1 Å². The van der Waals surface area contributed by atoms with Gasteiger partial charge in [-0.25, -0.2) is 9.97 Å². The summed E-state index contributed by atoms with van der Waals surface area (Å²) < 4.78 is 44.2. The summed E-state index contributed by atoms with van der Waals surface area (Å²) in [6.07, 6.45) is -2.68. The van der Waals surface area contributed by atoms with Gasteiger partial charge in [0.05, 0.1) is 10.6 Å². The highest BCUT2D eigenvalue weighted by atomic mass is 35.5. The summed E-state index contributed by atoms with van der Waals surface area (Å²) in [6.45, 7) is 0. The first-order valence-electron chi connectivity index (χ1n) is 8.59. The summed E-state index contributed by atoms with van der Waals surface area (Å²) in [4.78, 5) is 11.8. The van der Waals surface area contributed by atoms with Gasteiger partial charge in [0.1, 0.15) is 23.6 Å². The van der Waals surface area contributed by atoms with Gasteiger partial charge in [0.15, 0.2) is 5.82 Å². The highest BCUT2D eigenvalue weighted by molar-refractivity contribution is 6.33. The van der Waals surface area contributed by atoms with Crippen LogP contribution < -0.4 is 15.8 Å². The summed E-state index contributed by atoms with van der Waals surface area (Å²) in [6, 6.07) is 13.9. The lowest BCUT2D eigenvalue weighted by Crippen LogP contribution is -2.08. The molecule has 0 aliphatic rings. The Morgan fingerprint density at radius 2 is 1.73 bits per heavy atom. The molecule has 0 aliphatic heterocycles. The molecule has 0 amide bonds. The average Bonchev–Trinajstić information content (AvgIpc) is 2.72. The second-order valence-electron chi connectivity index (χ2n) is 6.20. The van der Waals surface area contributed by atoms with Gasteiger partial charge in [-0.3, -0.25) is 0 Å². The number of nitrogens with one attached hydrogen (secondary N) is 1. The molecule has 10 heteroatoms. The van der Waals surface area contributed by atoms with Gasteiger partial charge in [0, 0.05) is 11.6 Å². The number of hydrogen-bond acceptors (Lipinski definition) is 6. The Balaban J connectivity index is 1.64. The third kappa shape index (κ3) is 3.92. The van der Waals surface area contributed by atoms with Gasteiger partial charge in [-0.15, -0.1) is 0 Å². The number of anilines is 3. The fraction of sp³-hybridized carbons (Fsp3) is 0.0500. The van der Waals surface area contributed by atoms with Crippen LogP contribution in [0.15, 0.2) is 61.1 Å². The van der Waals surface area contributed by atoms with Gasteiger partial charge >= 0.3 is 6.18 Å². The zero-order valence-electron chi connectivity index (χ0n) is 15.1. The number of pyridine rings is 1. The molecule has 0 spiro atoms. The number of fused-ring (bicyclic) bond motifs is 1. The lowest BCUT2D eigenvalue weighted by Gasteiger charge is -2.14. The molecule has 152 valence electrons. The minimum atomic E-state index is -4.55. The van der Waals surface area contributed by atoms with E-state index in [1.165, 1.54) is 6.33 Å². The third-order valence-electron chi connectivity index (χ3n) is 4.21. The summed E-state index contributed by atoms with van der Waals surface area (Å²) in [7, 11) is 0. The SMILES string of the molecule is Nc1c(Nc2ncc(C(F)(F)F)cc2Cl)ncnc1Oc1cccc2ccccc12. The van der Waals surface area contributed by atoms with E-state index in [1.54, 1.807) is 6.07 Å². The molecule has 0 saturated carbocycles. The van der Waals surface area contributed by atoms with E-state index in [2.05, 4.69) is 20.3 Å². The number of nitrogens with zero attached hydrogens (tertiary/aromatic N) is 3. The molecule has 6 nitrogen and oxygen atoms in total. The Bertz CT molecular complexity index is 1230. The molecule has 0 saturated heterocycles. The number of alkyl halides is 3. The van der Waals surface area contributed by atoms with Gasteiger partial charge in [-0.1, -0.05) is 48.0 Å².